The van der Waals surface area contributed by atoms with Crippen molar-refractivity contribution in [2.24, 2.45) is 0 Å². The van der Waals surface area contributed by atoms with Crippen molar-refractivity contribution >= 4 is 17.8 Å². The molecule has 1 atom stereocenters. The molecule has 1 fully saturated rings. The molecule has 0 spiro atoms. The van der Waals surface area contributed by atoms with E-state index in [1.165, 1.54) is 0 Å². The van der Waals surface area contributed by atoms with Crippen LogP contribution in [-0.4, -0.2) is 48.9 Å². The number of nitrogens with zero attached hydrogens (tertiary/aromatic N) is 1. The average molecular weight is 276 g/mol. The van der Waals surface area contributed by atoms with Crippen LogP contribution in [0.2, 0.25) is 0 Å². The topological polar surface area (TPSA) is 75.7 Å². The highest BCUT2D eigenvalue weighted by Gasteiger charge is 2.35. The van der Waals surface area contributed by atoms with Crippen molar-refractivity contribution in [3.63, 3.8) is 0 Å². The molecule has 2 amide bonds. The van der Waals surface area contributed by atoms with E-state index in [-0.39, 0.29) is 6.54 Å². The molecule has 0 radical (unpaired) electrons. The van der Waals surface area contributed by atoms with Crippen LogP contribution in [0.3, 0.4) is 0 Å². The Bertz CT molecular complexity index is 515. The second kappa shape index (κ2) is 6.29. The third-order valence-electron chi connectivity index (χ3n) is 3.18. The maximum Gasteiger partial charge on any atom is 0.397 e. The van der Waals surface area contributed by atoms with Gasteiger partial charge in [-0.1, -0.05) is 30.3 Å². The molecule has 0 aromatic heterocycles. The summed E-state index contributed by atoms with van der Waals surface area (Å²) in [6.07, 6.45) is 0.477. The van der Waals surface area contributed by atoms with Crippen LogP contribution in [-0.2, 0) is 25.5 Å². The molecule has 1 saturated heterocycles. The molecular formula is C14H16N2O4. The van der Waals surface area contributed by atoms with Crippen molar-refractivity contribution in [1.29, 1.82) is 0 Å². The molecular weight excluding hydrogens is 260 g/mol. The fourth-order valence-electron chi connectivity index (χ4n) is 2.14. The molecule has 2 rings (SSSR count). The van der Waals surface area contributed by atoms with Gasteiger partial charge in [0.15, 0.2) is 0 Å². The lowest BCUT2D eigenvalue weighted by Crippen LogP contribution is -2.58. The van der Waals surface area contributed by atoms with Gasteiger partial charge >= 0.3 is 11.9 Å². The maximum atomic E-state index is 12.2. The number of piperazine rings is 1. The number of nitrogens with one attached hydrogen (secondary N) is 1. The second-order valence-corrected chi connectivity index (χ2v) is 4.48. The Hall–Kier alpha value is -2.21. The summed E-state index contributed by atoms with van der Waals surface area (Å²) >= 11 is 0. The van der Waals surface area contributed by atoms with Gasteiger partial charge in [-0.15, -0.1) is 0 Å². The number of imide groups is 1. The summed E-state index contributed by atoms with van der Waals surface area (Å²) in [5.74, 6) is -2.31. The maximum absolute atomic E-state index is 12.2. The van der Waals surface area contributed by atoms with E-state index in [4.69, 9.17) is 0 Å². The third-order valence-corrected chi connectivity index (χ3v) is 3.18. The summed E-state index contributed by atoms with van der Waals surface area (Å²) in [6.45, 7) is 0.643. The lowest BCUT2D eigenvalue weighted by molar-refractivity contribution is -0.163. The van der Waals surface area contributed by atoms with Crippen LogP contribution in [0.4, 0.5) is 0 Å². The first-order valence-electron chi connectivity index (χ1n) is 6.34. The van der Waals surface area contributed by atoms with Gasteiger partial charge in [-0.2, -0.15) is 0 Å². The van der Waals surface area contributed by atoms with E-state index in [0.717, 1.165) is 17.6 Å². The Labute approximate surface area is 116 Å². The van der Waals surface area contributed by atoms with Crippen LogP contribution in [0.25, 0.3) is 0 Å². The minimum absolute atomic E-state index is 0.179. The lowest BCUT2D eigenvalue weighted by Gasteiger charge is -2.31. The fraction of sp³-hybridized carbons (Fsp3) is 0.357. The summed E-state index contributed by atoms with van der Waals surface area (Å²) in [4.78, 5) is 36.2. The van der Waals surface area contributed by atoms with Crippen molar-refractivity contribution in [1.82, 2.24) is 10.2 Å². The molecule has 0 aliphatic carbocycles. The third kappa shape index (κ3) is 3.03. The molecule has 106 valence electrons. The molecule has 1 aromatic rings. The van der Waals surface area contributed by atoms with E-state index in [2.05, 4.69) is 10.1 Å². The number of esters is 1. The van der Waals surface area contributed by atoms with Gasteiger partial charge in [-0.3, -0.25) is 14.5 Å². The number of methoxy groups -OCH3 is 1. The van der Waals surface area contributed by atoms with E-state index < -0.39 is 23.8 Å². The second-order valence-electron chi connectivity index (χ2n) is 4.48. The number of ether oxygens (including phenoxy) is 1. The highest BCUT2D eigenvalue weighted by Crippen LogP contribution is 2.09. The highest BCUT2D eigenvalue weighted by atomic mass is 16.5. The molecule has 0 bridgehead atoms. The Morgan fingerprint density at radius 1 is 1.35 bits per heavy atom. The minimum atomic E-state index is -1.02. The first kappa shape index (κ1) is 14.2. The van der Waals surface area contributed by atoms with Crippen molar-refractivity contribution in [2.75, 3.05) is 20.2 Å². The van der Waals surface area contributed by atoms with Gasteiger partial charge in [-0.25, -0.2) is 4.79 Å². The zero-order chi connectivity index (χ0) is 14.5. The minimum Gasteiger partial charge on any atom is -0.462 e. The van der Waals surface area contributed by atoms with Gasteiger partial charge in [0.1, 0.15) is 0 Å². The Morgan fingerprint density at radius 2 is 2.05 bits per heavy atom. The number of amides is 2. The van der Waals surface area contributed by atoms with Crippen LogP contribution in [0.15, 0.2) is 30.3 Å². The molecule has 20 heavy (non-hydrogen) atoms. The zero-order valence-corrected chi connectivity index (χ0v) is 11.2. The first-order chi connectivity index (χ1) is 9.63. The molecule has 6 heteroatoms. The number of benzene rings is 1. The quantitative estimate of drug-likeness (QED) is 0.594. The SMILES string of the molecule is COC(=O)C(=O)N1CCNC(Cc2ccccc2)C1=O. The van der Waals surface area contributed by atoms with Crippen molar-refractivity contribution in [2.45, 2.75) is 12.5 Å². The molecule has 1 N–H and O–H groups in total. The number of hydrogen-bond acceptors (Lipinski definition) is 5. The van der Waals surface area contributed by atoms with Gasteiger partial charge in [0.25, 0.3) is 0 Å². The first-order valence-corrected chi connectivity index (χ1v) is 6.34. The zero-order valence-electron chi connectivity index (χ0n) is 11.2. The van der Waals surface area contributed by atoms with E-state index in [9.17, 15) is 14.4 Å². The van der Waals surface area contributed by atoms with Gasteiger partial charge in [0.2, 0.25) is 5.91 Å². The van der Waals surface area contributed by atoms with Gasteiger partial charge in [0.05, 0.1) is 13.2 Å². The van der Waals surface area contributed by atoms with Gasteiger partial charge in [0, 0.05) is 13.1 Å². The van der Waals surface area contributed by atoms with Crippen LogP contribution in [0.5, 0.6) is 0 Å². The Morgan fingerprint density at radius 3 is 2.70 bits per heavy atom. The van der Waals surface area contributed by atoms with Gasteiger partial charge < -0.3 is 10.1 Å². The van der Waals surface area contributed by atoms with Crippen LogP contribution < -0.4 is 5.32 Å². The molecule has 1 heterocycles. The molecule has 1 unspecified atom stereocenters. The Kier molecular flexibility index (Phi) is 4.47. The monoisotopic (exact) mass is 276 g/mol. The average Bonchev–Trinajstić information content (AvgIpc) is 2.49. The number of hydrogen-bond donors (Lipinski definition) is 1. The number of rotatable bonds is 2. The summed E-state index contributed by atoms with van der Waals surface area (Å²) in [6, 6.07) is 9.00. The van der Waals surface area contributed by atoms with Crippen molar-refractivity contribution in [3.8, 4) is 0 Å². The van der Waals surface area contributed by atoms with Gasteiger partial charge in [-0.05, 0) is 12.0 Å². The van der Waals surface area contributed by atoms with Crippen LogP contribution in [0, 0.1) is 0 Å². The van der Waals surface area contributed by atoms with Crippen LogP contribution in [0.1, 0.15) is 5.56 Å². The predicted molar refractivity (Wildman–Crippen MR) is 70.7 cm³/mol. The largest absolute Gasteiger partial charge is 0.462 e. The van der Waals surface area contributed by atoms with Crippen molar-refractivity contribution < 1.29 is 19.1 Å². The van der Waals surface area contributed by atoms with E-state index >= 15 is 0 Å². The molecule has 6 nitrogen and oxygen atoms in total. The molecule has 1 aliphatic rings. The standard InChI is InChI=1S/C14H16N2O4/c1-20-14(19)13(18)16-8-7-15-11(12(16)17)9-10-5-3-2-4-6-10/h2-6,11,15H,7-9H2,1H3. The van der Waals surface area contributed by atoms with E-state index in [0.29, 0.717) is 13.0 Å². The smallest absolute Gasteiger partial charge is 0.397 e. The normalized spacial score (nSPS) is 18.8. The molecule has 1 aromatic carbocycles. The number of carbonyl (C=O) groups is 3. The summed E-state index contributed by atoms with van der Waals surface area (Å²) in [7, 11) is 1.12. The number of carbonyl (C=O) groups excluding carboxylic acids is 3. The highest BCUT2D eigenvalue weighted by molar-refractivity contribution is 6.35. The molecule has 1 aliphatic heterocycles. The Balaban J connectivity index is 2.07. The summed E-state index contributed by atoms with van der Waals surface area (Å²) < 4.78 is 4.36. The van der Waals surface area contributed by atoms with Crippen LogP contribution >= 0.6 is 0 Å². The predicted octanol–water partition coefficient (Wildman–Crippen LogP) is -0.271. The van der Waals surface area contributed by atoms with E-state index in [1.54, 1.807) is 0 Å². The summed E-state index contributed by atoms with van der Waals surface area (Å²) in [5, 5.41) is 3.06. The molecule has 0 saturated carbocycles. The summed E-state index contributed by atoms with van der Waals surface area (Å²) in [5.41, 5.74) is 0.991. The lowest BCUT2D eigenvalue weighted by atomic mass is 10.0. The fourth-order valence-corrected chi connectivity index (χ4v) is 2.14. The van der Waals surface area contributed by atoms with E-state index in [1.807, 2.05) is 30.3 Å². The van der Waals surface area contributed by atoms with Crippen molar-refractivity contribution in [3.05, 3.63) is 35.9 Å².